The van der Waals surface area contributed by atoms with Crippen molar-refractivity contribution in [3.63, 3.8) is 0 Å². The van der Waals surface area contributed by atoms with Gasteiger partial charge in [0.25, 0.3) is 0 Å². The number of ether oxygens (including phenoxy) is 1. The molecule has 0 radical (unpaired) electrons. The second kappa shape index (κ2) is 4.79. The number of alkyl halides is 3. The van der Waals surface area contributed by atoms with Crippen LogP contribution in [-0.2, 0) is 6.18 Å². The molecular formula is C13H11F3N2O. The predicted octanol–water partition coefficient (Wildman–Crippen LogP) is 3.78. The van der Waals surface area contributed by atoms with Gasteiger partial charge in [-0.15, -0.1) is 0 Å². The average molecular weight is 268 g/mol. The van der Waals surface area contributed by atoms with Crippen LogP contribution in [0.3, 0.4) is 0 Å². The zero-order valence-corrected chi connectivity index (χ0v) is 10.0. The van der Waals surface area contributed by atoms with Crippen LogP contribution < -0.4 is 10.5 Å². The number of halogens is 3. The fraction of sp³-hybridized carbons (Fsp3) is 0.154. The Morgan fingerprint density at radius 3 is 2.58 bits per heavy atom. The fourth-order valence-electron chi connectivity index (χ4n) is 1.53. The van der Waals surface area contributed by atoms with E-state index in [-0.39, 0.29) is 5.75 Å². The lowest BCUT2D eigenvalue weighted by molar-refractivity contribution is -0.138. The van der Waals surface area contributed by atoms with E-state index in [9.17, 15) is 13.2 Å². The third-order valence-corrected chi connectivity index (χ3v) is 2.57. The van der Waals surface area contributed by atoms with Crippen molar-refractivity contribution in [1.82, 2.24) is 4.98 Å². The summed E-state index contributed by atoms with van der Waals surface area (Å²) in [6.45, 7) is 1.74. The fourth-order valence-corrected chi connectivity index (χ4v) is 1.53. The van der Waals surface area contributed by atoms with E-state index in [0.29, 0.717) is 5.69 Å². The van der Waals surface area contributed by atoms with E-state index in [0.717, 1.165) is 11.6 Å². The van der Waals surface area contributed by atoms with Crippen molar-refractivity contribution in [2.45, 2.75) is 13.1 Å². The van der Waals surface area contributed by atoms with Crippen molar-refractivity contribution < 1.29 is 17.9 Å². The number of aryl methyl sites for hydroxylation is 1. The van der Waals surface area contributed by atoms with Gasteiger partial charge in [-0.3, -0.25) is 0 Å². The Morgan fingerprint density at radius 2 is 1.89 bits per heavy atom. The van der Waals surface area contributed by atoms with Crippen LogP contribution in [0.5, 0.6) is 11.6 Å². The van der Waals surface area contributed by atoms with Crippen LogP contribution in [0.1, 0.15) is 11.1 Å². The Labute approximate surface area is 107 Å². The molecule has 0 aliphatic carbocycles. The zero-order valence-electron chi connectivity index (χ0n) is 10.0. The Kier molecular flexibility index (Phi) is 3.33. The molecular weight excluding hydrogens is 257 g/mol. The second-order valence-electron chi connectivity index (χ2n) is 3.94. The Hall–Kier alpha value is -2.24. The highest BCUT2D eigenvalue weighted by Crippen LogP contribution is 2.38. The van der Waals surface area contributed by atoms with Crippen LogP contribution in [0.4, 0.5) is 18.9 Å². The summed E-state index contributed by atoms with van der Waals surface area (Å²) in [4.78, 5) is 3.61. The van der Waals surface area contributed by atoms with Gasteiger partial charge in [-0.05, 0) is 30.7 Å². The van der Waals surface area contributed by atoms with Gasteiger partial charge in [-0.25, -0.2) is 4.98 Å². The Morgan fingerprint density at radius 1 is 1.16 bits per heavy atom. The number of nitrogens with two attached hydrogens (primary N) is 1. The summed E-state index contributed by atoms with van der Waals surface area (Å²) in [5.41, 5.74) is 5.84. The predicted molar refractivity (Wildman–Crippen MR) is 64.9 cm³/mol. The third-order valence-electron chi connectivity index (χ3n) is 2.57. The molecule has 0 aliphatic rings. The number of aromatic nitrogens is 1. The van der Waals surface area contributed by atoms with Crippen LogP contribution in [0, 0.1) is 6.92 Å². The Balaban J connectivity index is 2.42. The van der Waals surface area contributed by atoms with E-state index in [1.807, 2.05) is 0 Å². The van der Waals surface area contributed by atoms with E-state index in [1.165, 1.54) is 18.3 Å². The van der Waals surface area contributed by atoms with Gasteiger partial charge in [0.1, 0.15) is 5.56 Å². The van der Waals surface area contributed by atoms with Gasteiger partial charge in [0, 0.05) is 6.20 Å². The molecule has 19 heavy (non-hydrogen) atoms. The molecule has 1 aromatic heterocycles. The van der Waals surface area contributed by atoms with Crippen molar-refractivity contribution in [2.24, 2.45) is 0 Å². The lowest BCUT2D eigenvalue weighted by atomic mass is 10.2. The molecule has 0 aliphatic heterocycles. The average Bonchev–Trinajstić information content (AvgIpc) is 2.34. The van der Waals surface area contributed by atoms with Crippen molar-refractivity contribution in [2.75, 3.05) is 5.73 Å². The minimum atomic E-state index is -4.53. The summed E-state index contributed by atoms with van der Waals surface area (Å²) in [5.74, 6) is -0.350. The second-order valence-corrected chi connectivity index (χ2v) is 3.94. The van der Waals surface area contributed by atoms with Gasteiger partial charge in [-0.2, -0.15) is 13.2 Å². The molecule has 2 N–H and O–H groups in total. The molecule has 1 heterocycles. The normalized spacial score (nSPS) is 11.4. The molecule has 0 saturated heterocycles. The van der Waals surface area contributed by atoms with E-state index < -0.39 is 17.6 Å². The number of nitrogens with zero attached hydrogens (tertiary/aromatic N) is 1. The first kappa shape index (κ1) is 13.2. The molecule has 100 valence electrons. The monoisotopic (exact) mass is 268 g/mol. The molecule has 0 unspecified atom stereocenters. The Bertz CT molecular complexity index is 597. The van der Waals surface area contributed by atoms with Crippen LogP contribution in [0.25, 0.3) is 0 Å². The molecule has 1 aromatic carbocycles. The number of anilines is 1. The smallest absolute Gasteiger partial charge is 0.421 e. The molecule has 0 saturated carbocycles. The molecule has 6 heteroatoms. The molecule has 0 bridgehead atoms. The first-order chi connectivity index (χ1) is 8.89. The number of hydrogen-bond donors (Lipinski definition) is 1. The van der Waals surface area contributed by atoms with Gasteiger partial charge in [0.15, 0.2) is 5.75 Å². The van der Waals surface area contributed by atoms with Crippen LogP contribution in [0.2, 0.25) is 0 Å². The quantitative estimate of drug-likeness (QED) is 0.843. The minimum absolute atomic E-state index is 0.157. The maximum absolute atomic E-state index is 12.8. The van der Waals surface area contributed by atoms with E-state index >= 15 is 0 Å². The summed E-state index contributed by atoms with van der Waals surface area (Å²) in [6, 6.07) is 7.00. The number of benzene rings is 1. The summed E-state index contributed by atoms with van der Waals surface area (Å²) in [6.07, 6.45) is -3.29. The van der Waals surface area contributed by atoms with Crippen molar-refractivity contribution in [1.29, 1.82) is 0 Å². The van der Waals surface area contributed by atoms with Crippen LogP contribution >= 0.6 is 0 Å². The number of rotatable bonds is 2. The van der Waals surface area contributed by atoms with Gasteiger partial charge >= 0.3 is 6.18 Å². The van der Waals surface area contributed by atoms with Gasteiger partial charge in [0.2, 0.25) is 5.88 Å². The van der Waals surface area contributed by atoms with Crippen molar-refractivity contribution in [3.05, 3.63) is 47.7 Å². The first-order valence-corrected chi connectivity index (χ1v) is 5.45. The van der Waals surface area contributed by atoms with Gasteiger partial charge in [-0.1, -0.05) is 12.1 Å². The molecule has 0 spiro atoms. The van der Waals surface area contributed by atoms with Gasteiger partial charge < -0.3 is 10.5 Å². The molecule has 0 fully saturated rings. The molecule has 2 rings (SSSR count). The number of para-hydroxylation sites is 1. The van der Waals surface area contributed by atoms with E-state index in [2.05, 4.69) is 4.98 Å². The number of pyridine rings is 1. The number of hydrogen-bond acceptors (Lipinski definition) is 3. The first-order valence-electron chi connectivity index (χ1n) is 5.45. The van der Waals surface area contributed by atoms with E-state index in [4.69, 9.17) is 10.5 Å². The lowest BCUT2D eigenvalue weighted by Crippen LogP contribution is -2.08. The minimum Gasteiger partial charge on any atom is -0.436 e. The van der Waals surface area contributed by atoms with Gasteiger partial charge in [0.05, 0.1) is 5.69 Å². The topological polar surface area (TPSA) is 48.1 Å². The lowest BCUT2D eigenvalue weighted by Gasteiger charge is -2.14. The number of nitrogen functional groups attached to an aromatic ring is 1. The zero-order chi connectivity index (χ0) is 14.0. The summed E-state index contributed by atoms with van der Waals surface area (Å²) in [7, 11) is 0. The maximum atomic E-state index is 12.8. The third kappa shape index (κ3) is 2.78. The van der Waals surface area contributed by atoms with E-state index in [1.54, 1.807) is 19.1 Å². The summed E-state index contributed by atoms with van der Waals surface area (Å²) in [5, 5.41) is 0. The van der Waals surface area contributed by atoms with Crippen molar-refractivity contribution >= 4 is 5.69 Å². The molecule has 2 aromatic rings. The molecule has 3 nitrogen and oxygen atoms in total. The highest BCUT2D eigenvalue weighted by atomic mass is 19.4. The summed E-state index contributed by atoms with van der Waals surface area (Å²) < 4.78 is 43.5. The highest BCUT2D eigenvalue weighted by Gasteiger charge is 2.35. The molecule has 0 atom stereocenters. The largest absolute Gasteiger partial charge is 0.436 e. The van der Waals surface area contributed by atoms with Crippen LogP contribution in [-0.4, -0.2) is 4.98 Å². The maximum Gasteiger partial charge on any atom is 0.421 e. The standard InChI is InChI=1S/C13H11F3N2O/c1-8-4-2-6-10(11(8)17)19-12-9(13(14,15)16)5-3-7-18-12/h2-7H,17H2,1H3. The highest BCUT2D eigenvalue weighted by molar-refractivity contribution is 5.59. The van der Waals surface area contributed by atoms with Crippen molar-refractivity contribution in [3.8, 4) is 11.6 Å². The van der Waals surface area contributed by atoms with Crippen LogP contribution in [0.15, 0.2) is 36.5 Å². The SMILES string of the molecule is Cc1cccc(Oc2ncccc2C(F)(F)F)c1N. The summed E-state index contributed by atoms with van der Waals surface area (Å²) >= 11 is 0. The molecule has 0 amide bonds.